The summed E-state index contributed by atoms with van der Waals surface area (Å²) in [6.45, 7) is 3.64. The number of carbonyl (C=O) groups excluding carboxylic acids is 2. The second-order valence-corrected chi connectivity index (χ2v) is 5.38. The Kier molecular flexibility index (Phi) is 5.36. The van der Waals surface area contributed by atoms with Crippen molar-refractivity contribution in [3.8, 4) is 5.75 Å². The molecule has 0 aliphatic rings. The van der Waals surface area contributed by atoms with Gasteiger partial charge in [0.05, 0.1) is 0 Å². The number of hydrogen-bond acceptors (Lipinski definition) is 4. The molecule has 0 aromatic heterocycles. The topological polar surface area (TPSA) is 75.6 Å². The van der Waals surface area contributed by atoms with E-state index in [0.717, 1.165) is 5.56 Å². The fourth-order valence-corrected chi connectivity index (χ4v) is 2.16. The first kappa shape index (κ1) is 16.5. The first-order chi connectivity index (χ1) is 11.0. The van der Waals surface area contributed by atoms with Crippen molar-refractivity contribution < 1.29 is 19.4 Å². The Labute approximate surface area is 134 Å². The Morgan fingerprint density at radius 3 is 2.43 bits per heavy atom. The van der Waals surface area contributed by atoms with Crippen LogP contribution in [0.5, 0.6) is 5.75 Å². The Hall–Kier alpha value is -2.82. The number of benzene rings is 2. The SMILES string of the molecule is CC(C)c1ccccc1NC(=O)COC(=O)c1ccccc1O. The Balaban J connectivity index is 1.96. The first-order valence-corrected chi connectivity index (χ1v) is 7.33. The molecule has 0 unspecified atom stereocenters. The average molecular weight is 313 g/mol. The second-order valence-electron chi connectivity index (χ2n) is 5.38. The third-order valence-electron chi connectivity index (χ3n) is 3.32. The van der Waals surface area contributed by atoms with Crippen LogP contribution in [0.25, 0.3) is 0 Å². The van der Waals surface area contributed by atoms with Gasteiger partial charge < -0.3 is 15.2 Å². The zero-order valence-corrected chi connectivity index (χ0v) is 13.1. The summed E-state index contributed by atoms with van der Waals surface area (Å²) in [5.41, 5.74) is 1.74. The van der Waals surface area contributed by atoms with E-state index in [-0.39, 0.29) is 17.2 Å². The summed E-state index contributed by atoms with van der Waals surface area (Å²) < 4.78 is 4.93. The molecular weight excluding hydrogens is 294 g/mol. The fraction of sp³-hybridized carbons (Fsp3) is 0.222. The molecule has 0 heterocycles. The summed E-state index contributed by atoms with van der Waals surface area (Å²) in [7, 11) is 0. The van der Waals surface area contributed by atoms with Crippen molar-refractivity contribution in [3.05, 3.63) is 59.7 Å². The van der Waals surface area contributed by atoms with Crippen LogP contribution in [0.4, 0.5) is 5.69 Å². The van der Waals surface area contributed by atoms with Crippen molar-refractivity contribution in [1.82, 2.24) is 0 Å². The molecule has 0 aliphatic heterocycles. The Morgan fingerprint density at radius 2 is 1.74 bits per heavy atom. The molecule has 23 heavy (non-hydrogen) atoms. The van der Waals surface area contributed by atoms with Gasteiger partial charge in [-0.2, -0.15) is 0 Å². The van der Waals surface area contributed by atoms with Crippen LogP contribution in [-0.4, -0.2) is 23.6 Å². The van der Waals surface area contributed by atoms with Gasteiger partial charge in [-0.1, -0.05) is 44.2 Å². The molecule has 5 heteroatoms. The monoisotopic (exact) mass is 313 g/mol. The highest BCUT2D eigenvalue weighted by atomic mass is 16.5. The van der Waals surface area contributed by atoms with E-state index in [2.05, 4.69) is 5.32 Å². The van der Waals surface area contributed by atoms with Gasteiger partial charge in [0.2, 0.25) is 0 Å². The highest BCUT2D eigenvalue weighted by Gasteiger charge is 2.14. The number of phenolic OH excluding ortho intramolecular Hbond substituents is 1. The first-order valence-electron chi connectivity index (χ1n) is 7.33. The molecule has 1 amide bonds. The van der Waals surface area contributed by atoms with Crippen LogP contribution in [0.15, 0.2) is 48.5 Å². The van der Waals surface area contributed by atoms with Gasteiger partial charge in [-0.15, -0.1) is 0 Å². The lowest BCUT2D eigenvalue weighted by Crippen LogP contribution is -2.21. The minimum Gasteiger partial charge on any atom is -0.507 e. The molecule has 0 saturated carbocycles. The van der Waals surface area contributed by atoms with Crippen LogP contribution in [0.1, 0.15) is 35.7 Å². The van der Waals surface area contributed by atoms with Crippen molar-refractivity contribution in [3.63, 3.8) is 0 Å². The maximum absolute atomic E-state index is 12.0. The molecule has 2 N–H and O–H groups in total. The van der Waals surface area contributed by atoms with Crippen LogP contribution in [0.2, 0.25) is 0 Å². The normalized spacial score (nSPS) is 10.4. The van der Waals surface area contributed by atoms with Gasteiger partial charge in [0.25, 0.3) is 5.91 Å². The van der Waals surface area contributed by atoms with Gasteiger partial charge in [-0.3, -0.25) is 4.79 Å². The number of hydrogen-bond donors (Lipinski definition) is 2. The zero-order valence-electron chi connectivity index (χ0n) is 13.1. The maximum Gasteiger partial charge on any atom is 0.342 e. The van der Waals surface area contributed by atoms with Crippen LogP contribution in [-0.2, 0) is 9.53 Å². The predicted octanol–water partition coefficient (Wildman–Crippen LogP) is 3.31. The van der Waals surface area contributed by atoms with Gasteiger partial charge >= 0.3 is 5.97 Å². The number of rotatable bonds is 5. The lowest BCUT2D eigenvalue weighted by molar-refractivity contribution is -0.119. The largest absolute Gasteiger partial charge is 0.507 e. The minimum atomic E-state index is -0.740. The fourth-order valence-electron chi connectivity index (χ4n) is 2.16. The van der Waals surface area contributed by atoms with E-state index in [4.69, 9.17) is 4.74 Å². The molecule has 0 saturated heterocycles. The van der Waals surface area contributed by atoms with Gasteiger partial charge in [0, 0.05) is 5.69 Å². The summed E-state index contributed by atoms with van der Waals surface area (Å²) in [5, 5.41) is 12.3. The average Bonchev–Trinajstić information content (AvgIpc) is 2.53. The molecule has 120 valence electrons. The van der Waals surface area contributed by atoms with Gasteiger partial charge in [-0.25, -0.2) is 4.79 Å². The standard InChI is InChI=1S/C18H19NO4/c1-12(2)13-7-3-5-9-15(13)19-17(21)11-23-18(22)14-8-4-6-10-16(14)20/h3-10,12,20H,11H2,1-2H3,(H,19,21). The summed E-state index contributed by atoms with van der Waals surface area (Å²) in [5.74, 6) is -1.09. The number of carbonyl (C=O) groups is 2. The van der Waals surface area contributed by atoms with Crippen LogP contribution >= 0.6 is 0 Å². The molecule has 2 rings (SSSR count). The molecule has 0 bridgehead atoms. The van der Waals surface area contributed by atoms with Gasteiger partial charge in [-0.05, 0) is 29.7 Å². The second kappa shape index (κ2) is 7.45. The molecule has 5 nitrogen and oxygen atoms in total. The van der Waals surface area contributed by atoms with Crippen LogP contribution in [0.3, 0.4) is 0 Å². The van der Waals surface area contributed by atoms with E-state index in [1.807, 2.05) is 32.0 Å². The Bertz CT molecular complexity index is 710. The van der Waals surface area contributed by atoms with Crippen molar-refractivity contribution in [2.75, 3.05) is 11.9 Å². The van der Waals surface area contributed by atoms with Crippen LogP contribution in [0, 0.1) is 0 Å². The summed E-state index contributed by atoms with van der Waals surface area (Å²) in [6, 6.07) is 13.5. The van der Waals surface area contributed by atoms with Crippen LogP contribution < -0.4 is 5.32 Å². The van der Waals surface area contributed by atoms with Crippen molar-refractivity contribution in [2.24, 2.45) is 0 Å². The number of anilines is 1. The molecule has 0 fully saturated rings. The van der Waals surface area contributed by atoms with Gasteiger partial charge in [0.15, 0.2) is 6.61 Å². The Morgan fingerprint density at radius 1 is 1.09 bits per heavy atom. The molecule has 2 aromatic rings. The number of esters is 1. The van der Waals surface area contributed by atoms with E-state index in [1.54, 1.807) is 18.2 Å². The van der Waals surface area contributed by atoms with E-state index >= 15 is 0 Å². The quantitative estimate of drug-likeness (QED) is 0.830. The van der Waals surface area contributed by atoms with E-state index in [1.165, 1.54) is 12.1 Å². The lowest BCUT2D eigenvalue weighted by Gasteiger charge is -2.13. The number of phenols is 1. The number of aromatic hydroxyl groups is 1. The zero-order chi connectivity index (χ0) is 16.8. The summed E-state index contributed by atoms with van der Waals surface area (Å²) in [6.07, 6.45) is 0. The minimum absolute atomic E-state index is 0.0304. The summed E-state index contributed by atoms with van der Waals surface area (Å²) in [4.78, 5) is 23.8. The van der Waals surface area contributed by atoms with E-state index in [9.17, 15) is 14.7 Å². The molecule has 0 aliphatic carbocycles. The van der Waals surface area contributed by atoms with Crippen molar-refractivity contribution in [2.45, 2.75) is 19.8 Å². The third kappa shape index (κ3) is 4.32. The number of amides is 1. The third-order valence-corrected chi connectivity index (χ3v) is 3.32. The highest BCUT2D eigenvalue weighted by Crippen LogP contribution is 2.23. The van der Waals surface area contributed by atoms with Gasteiger partial charge in [0.1, 0.15) is 11.3 Å². The lowest BCUT2D eigenvalue weighted by atomic mass is 10.0. The summed E-state index contributed by atoms with van der Waals surface area (Å²) >= 11 is 0. The smallest absolute Gasteiger partial charge is 0.342 e. The number of ether oxygens (including phenoxy) is 1. The van der Waals surface area contributed by atoms with E-state index < -0.39 is 18.5 Å². The number of para-hydroxylation sites is 2. The maximum atomic E-state index is 12.0. The predicted molar refractivity (Wildman–Crippen MR) is 87.6 cm³/mol. The van der Waals surface area contributed by atoms with E-state index in [0.29, 0.717) is 5.69 Å². The highest BCUT2D eigenvalue weighted by molar-refractivity contribution is 5.97. The number of nitrogens with one attached hydrogen (secondary N) is 1. The molecule has 0 spiro atoms. The molecule has 2 aromatic carbocycles. The van der Waals surface area contributed by atoms with Crippen molar-refractivity contribution >= 4 is 17.6 Å². The molecule has 0 atom stereocenters. The molecular formula is C18H19NO4. The molecule has 0 radical (unpaired) electrons. The van der Waals surface area contributed by atoms with Crippen molar-refractivity contribution in [1.29, 1.82) is 0 Å².